The van der Waals surface area contributed by atoms with Crippen LogP contribution in [0.4, 0.5) is 0 Å². The van der Waals surface area contributed by atoms with E-state index in [2.05, 4.69) is 10.2 Å². The number of halogens is 2. The number of hydrogen-bond acceptors (Lipinski definition) is 5. The summed E-state index contributed by atoms with van der Waals surface area (Å²) in [5.74, 6) is 0.0120. The number of hydrogen-bond donors (Lipinski definition) is 2. The molecule has 21 heavy (non-hydrogen) atoms. The summed E-state index contributed by atoms with van der Waals surface area (Å²) in [4.78, 5) is 14.2. The summed E-state index contributed by atoms with van der Waals surface area (Å²) >= 11 is 0. The molecule has 0 aromatic rings. The fourth-order valence-corrected chi connectivity index (χ4v) is 2.52. The number of nitrogens with zero attached hydrogens (tertiary/aromatic N) is 1. The molecule has 6 nitrogen and oxygen atoms in total. The van der Waals surface area contributed by atoms with Gasteiger partial charge in [-0.15, -0.1) is 24.8 Å². The van der Waals surface area contributed by atoms with Crippen LogP contribution in [0.1, 0.15) is 19.3 Å². The number of morpholine rings is 1. The Balaban J connectivity index is 0.00000200. The van der Waals surface area contributed by atoms with Crippen LogP contribution in [0.2, 0.25) is 0 Å². The van der Waals surface area contributed by atoms with Gasteiger partial charge in [0.15, 0.2) is 0 Å². The first-order chi connectivity index (χ1) is 9.29. The molecule has 0 radical (unpaired) electrons. The summed E-state index contributed by atoms with van der Waals surface area (Å²) in [6, 6.07) is 0. The summed E-state index contributed by atoms with van der Waals surface area (Å²) in [6.07, 6.45) is 2.42. The average molecular weight is 344 g/mol. The minimum atomic E-state index is -0.295. The number of nitrogens with one attached hydrogen (secondary N) is 1. The molecule has 0 aliphatic carbocycles. The first kappa shape index (κ1) is 20.9. The monoisotopic (exact) mass is 343 g/mol. The van der Waals surface area contributed by atoms with Gasteiger partial charge in [0.1, 0.15) is 6.10 Å². The summed E-state index contributed by atoms with van der Waals surface area (Å²) in [5.41, 5.74) is 5.53. The van der Waals surface area contributed by atoms with Crippen molar-refractivity contribution in [2.75, 3.05) is 45.9 Å². The molecule has 3 N–H and O–H groups in total. The van der Waals surface area contributed by atoms with Gasteiger partial charge in [-0.05, 0) is 25.8 Å². The molecule has 0 bridgehead atoms. The number of carbonyl (C=O) groups excluding carboxylic acids is 1. The largest absolute Gasteiger partial charge is 0.379 e. The van der Waals surface area contributed by atoms with Gasteiger partial charge in [-0.25, -0.2) is 0 Å². The quantitative estimate of drug-likeness (QED) is 0.672. The molecule has 2 aliphatic heterocycles. The van der Waals surface area contributed by atoms with Gasteiger partial charge in [-0.1, -0.05) is 0 Å². The van der Waals surface area contributed by atoms with Crippen LogP contribution in [0.15, 0.2) is 0 Å². The lowest BCUT2D eigenvalue weighted by molar-refractivity contribution is -0.131. The second kappa shape index (κ2) is 11.5. The molecular weight excluding hydrogens is 317 g/mol. The molecule has 2 aliphatic rings. The molecule has 0 saturated carbocycles. The van der Waals surface area contributed by atoms with E-state index in [9.17, 15) is 4.79 Å². The fourth-order valence-electron chi connectivity index (χ4n) is 2.52. The molecule has 2 heterocycles. The van der Waals surface area contributed by atoms with E-state index in [1.165, 1.54) is 0 Å². The zero-order chi connectivity index (χ0) is 13.5. The number of ether oxygens (including phenoxy) is 2. The van der Waals surface area contributed by atoms with Gasteiger partial charge in [0, 0.05) is 26.2 Å². The molecule has 0 spiro atoms. The molecule has 0 unspecified atom stereocenters. The highest BCUT2D eigenvalue weighted by atomic mass is 35.5. The smallest absolute Gasteiger partial charge is 0.249 e. The molecule has 2 rings (SSSR count). The highest BCUT2D eigenvalue weighted by Gasteiger charge is 2.29. The standard InChI is InChI=1S/C13H25N3O3.2ClH/c14-10-11-2-3-12(19-11)13(17)15-4-1-5-16-6-8-18-9-7-16;;/h11-12H,1-10,14H2,(H,15,17);2*1H/t11-,12+;;/m1../s1. The van der Waals surface area contributed by atoms with E-state index in [-0.39, 0.29) is 42.9 Å². The molecule has 1 amide bonds. The van der Waals surface area contributed by atoms with E-state index in [1.807, 2.05) is 0 Å². The Hall–Kier alpha value is -0.110. The maximum Gasteiger partial charge on any atom is 0.249 e. The van der Waals surface area contributed by atoms with Crippen LogP contribution in [0, 0.1) is 0 Å². The van der Waals surface area contributed by atoms with Gasteiger partial charge in [-0.2, -0.15) is 0 Å². The van der Waals surface area contributed by atoms with Gasteiger partial charge in [-0.3, -0.25) is 9.69 Å². The molecule has 2 fully saturated rings. The van der Waals surface area contributed by atoms with Gasteiger partial charge < -0.3 is 20.5 Å². The van der Waals surface area contributed by atoms with E-state index in [1.54, 1.807) is 0 Å². The second-order valence-corrected chi connectivity index (χ2v) is 5.16. The zero-order valence-electron chi connectivity index (χ0n) is 12.3. The van der Waals surface area contributed by atoms with Crippen molar-refractivity contribution < 1.29 is 14.3 Å². The lowest BCUT2D eigenvalue weighted by Gasteiger charge is -2.26. The highest BCUT2D eigenvalue weighted by molar-refractivity contribution is 5.85. The first-order valence-electron chi connectivity index (χ1n) is 7.23. The van der Waals surface area contributed by atoms with E-state index in [0.29, 0.717) is 13.1 Å². The molecule has 0 aromatic heterocycles. The third-order valence-electron chi connectivity index (χ3n) is 3.72. The van der Waals surface area contributed by atoms with Crippen LogP contribution >= 0.6 is 24.8 Å². The molecule has 2 atom stereocenters. The summed E-state index contributed by atoms with van der Waals surface area (Å²) in [6.45, 7) is 5.87. The lowest BCUT2D eigenvalue weighted by atomic mass is 10.2. The third kappa shape index (κ3) is 7.13. The van der Waals surface area contributed by atoms with Crippen molar-refractivity contribution in [1.29, 1.82) is 0 Å². The lowest BCUT2D eigenvalue weighted by Crippen LogP contribution is -2.39. The number of amides is 1. The molecule has 0 aromatic carbocycles. The number of rotatable bonds is 6. The number of nitrogens with two attached hydrogens (primary N) is 1. The Labute approximate surface area is 138 Å². The molecule has 2 saturated heterocycles. The Morgan fingerprint density at radius 1 is 1.24 bits per heavy atom. The zero-order valence-corrected chi connectivity index (χ0v) is 13.9. The van der Waals surface area contributed by atoms with Crippen LogP contribution in [-0.2, 0) is 14.3 Å². The summed E-state index contributed by atoms with van der Waals surface area (Å²) in [5, 5.41) is 2.95. The van der Waals surface area contributed by atoms with Crippen molar-refractivity contribution in [2.45, 2.75) is 31.5 Å². The maximum atomic E-state index is 11.8. The molecule has 8 heteroatoms. The first-order valence-corrected chi connectivity index (χ1v) is 7.23. The summed E-state index contributed by atoms with van der Waals surface area (Å²) in [7, 11) is 0. The Morgan fingerprint density at radius 3 is 2.57 bits per heavy atom. The Morgan fingerprint density at radius 2 is 1.95 bits per heavy atom. The van der Waals surface area contributed by atoms with Gasteiger partial charge in [0.05, 0.1) is 19.3 Å². The number of carbonyl (C=O) groups is 1. The Bertz CT molecular complexity index is 292. The van der Waals surface area contributed by atoms with Gasteiger partial charge >= 0.3 is 0 Å². The molecular formula is C13H27Cl2N3O3. The van der Waals surface area contributed by atoms with E-state index in [4.69, 9.17) is 15.2 Å². The van der Waals surface area contributed by atoms with Crippen LogP contribution in [-0.4, -0.2) is 69.0 Å². The van der Waals surface area contributed by atoms with Crippen LogP contribution < -0.4 is 11.1 Å². The van der Waals surface area contributed by atoms with E-state index in [0.717, 1.165) is 52.1 Å². The third-order valence-corrected chi connectivity index (χ3v) is 3.72. The van der Waals surface area contributed by atoms with Crippen LogP contribution in [0.3, 0.4) is 0 Å². The van der Waals surface area contributed by atoms with Crippen molar-refractivity contribution in [2.24, 2.45) is 5.73 Å². The normalized spacial score (nSPS) is 25.8. The van der Waals surface area contributed by atoms with Crippen molar-refractivity contribution in [3.8, 4) is 0 Å². The maximum absolute atomic E-state index is 11.8. The van der Waals surface area contributed by atoms with Crippen LogP contribution in [0.25, 0.3) is 0 Å². The minimum absolute atomic E-state index is 0. The predicted molar refractivity (Wildman–Crippen MR) is 86.3 cm³/mol. The average Bonchev–Trinajstić information content (AvgIpc) is 2.93. The van der Waals surface area contributed by atoms with Crippen molar-refractivity contribution in [3.63, 3.8) is 0 Å². The predicted octanol–water partition coefficient (Wildman–Crippen LogP) is 0.175. The second-order valence-electron chi connectivity index (χ2n) is 5.16. The van der Waals surface area contributed by atoms with Gasteiger partial charge in [0.25, 0.3) is 0 Å². The van der Waals surface area contributed by atoms with Gasteiger partial charge in [0.2, 0.25) is 5.91 Å². The van der Waals surface area contributed by atoms with Crippen molar-refractivity contribution in [3.05, 3.63) is 0 Å². The van der Waals surface area contributed by atoms with E-state index >= 15 is 0 Å². The highest BCUT2D eigenvalue weighted by Crippen LogP contribution is 2.18. The minimum Gasteiger partial charge on any atom is -0.379 e. The van der Waals surface area contributed by atoms with Crippen molar-refractivity contribution in [1.82, 2.24) is 10.2 Å². The summed E-state index contributed by atoms with van der Waals surface area (Å²) < 4.78 is 10.8. The Kier molecular flexibility index (Phi) is 11.4. The molecule has 126 valence electrons. The SMILES string of the molecule is Cl.Cl.NC[C@H]1CC[C@@H](C(=O)NCCCN2CCOCC2)O1. The van der Waals surface area contributed by atoms with E-state index < -0.39 is 0 Å². The van der Waals surface area contributed by atoms with Crippen LogP contribution in [0.5, 0.6) is 0 Å². The fraction of sp³-hybridized carbons (Fsp3) is 0.923. The van der Waals surface area contributed by atoms with Crippen molar-refractivity contribution >= 4 is 30.7 Å². The topological polar surface area (TPSA) is 76.8 Å².